The van der Waals surface area contributed by atoms with Crippen LogP contribution in [0.3, 0.4) is 0 Å². The molecule has 1 aliphatic carbocycles. The summed E-state index contributed by atoms with van der Waals surface area (Å²) in [4.78, 5) is 2.57. The van der Waals surface area contributed by atoms with Crippen molar-refractivity contribution < 1.29 is 4.74 Å². The first-order chi connectivity index (χ1) is 9.33. The van der Waals surface area contributed by atoms with Gasteiger partial charge in [0.05, 0.1) is 12.7 Å². The van der Waals surface area contributed by atoms with Gasteiger partial charge in [-0.3, -0.25) is 4.90 Å². The van der Waals surface area contributed by atoms with E-state index in [9.17, 15) is 0 Å². The lowest BCUT2D eigenvalue weighted by molar-refractivity contribution is -0.0494. The van der Waals surface area contributed by atoms with Gasteiger partial charge < -0.3 is 10.1 Å². The van der Waals surface area contributed by atoms with Crippen molar-refractivity contribution in [1.29, 1.82) is 0 Å². The summed E-state index contributed by atoms with van der Waals surface area (Å²) in [7, 11) is 2.11. The summed E-state index contributed by atoms with van der Waals surface area (Å²) in [6.45, 7) is 6.63. The van der Waals surface area contributed by atoms with Gasteiger partial charge in [-0.05, 0) is 32.4 Å². The Hall–Kier alpha value is -0.120. The summed E-state index contributed by atoms with van der Waals surface area (Å²) in [5, 5.41) is 3.53. The van der Waals surface area contributed by atoms with Crippen molar-refractivity contribution in [3.05, 3.63) is 0 Å². The van der Waals surface area contributed by atoms with Gasteiger partial charge in [-0.2, -0.15) is 0 Å². The SMILES string of the molecule is CCCN1CCOC(C(CC2CCCCC2)NC)C1. The fourth-order valence-corrected chi connectivity index (χ4v) is 3.73. The van der Waals surface area contributed by atoms with Crippen molar-refractivity contribution in [2.45, 2.75) is 64.0 Å². The third-order valence-corrected chi connectivity index (χ3v) is 4.85. The van der Waals surface area contributed by atoms with Crippen molar-refractivity contribution in [1.82, 2.24) is 10.2 Å². The largest absolute Gasteiger partial charge is 0.374 e. The third kappa shape index (κ3) is 4.73. The molecule has 0 aromatic rings. The van der Waals surface area contributed by atoms with Gasteiger partial charge in [0.25, 0.3) is 0 Å². The molecule has 19 heavy (non-hydrogen) atoms. The lowest BCUT2D eigenvalue weighted by Crippen LogP contribution is -2.52. The Morgan fingerprint density at radius 3 is 2.74 bits per heavy atom. The third-order valence-electron chi connectivity index (χ3n) is 4.85. The summed E-state index contributed by atoms with van der Waals surface area (Å²) in [5.74, 6) is 0.927. The minimum atomic E-state index is 0.396. The van der Waals surface area contributed by atoms with E-state index in [0.717, 1.165) is 25.6 Å². The number of likely N-dealkylation sites (N-methyl/N-ethyl adjacent to an activating group) is 1. The zero-order valence-corrected chi connectivity index (χ0v) is 12.9. The lowest BCUT2D eigenvalue weighted by Gasteiger charge is -2.38. The molecule has 3 nitrogen and oxygen atoms in total. The Bertz CT molecular complexity index is 239. The van der Waals surface area contributed by atoms with Crippen molar-refractivity contribution in [3.8, 4) is 0 Å². The number of nitrogens with zero attached hydrogens (tertiary/aromatic N) is 1. The number of morpholine rings is 1. The molecule has 2 atom stereocenters. The molecule has 1 aliphatic heterocycles. The molecule has 0 bridgehead atoms. The molecular formula is C16H32N2O. The summed E-state index contributed by atoms with van der Waals surface area (Å²) in [6, 6.07) is 0.544. The second-order valence-electron chi connectivity index (χ2n) is 6.34. The molecule has 1 heterocycles. The van der Waals surface area contributed by atoms with Crippen LogP contribution >= 0.6 is 0 Å². The Kier molecular flexibility index (Phi) is 6.62. The van der Waals surface area contributed by atoms with E-state index in [1.54, 1.807) is 0 Å². The van der Waals surface area contributed by atoms with Crippen LogP contribution < -0.4 is 5.32 Å². The van der Waals surface area contributed by atoms with Crippen LogP contribution in [-0.4, -0.2) is 50.3 Å². The van der Waals surface area contributed by atoms with Crippen LogP contribution in [0, 0.1) is 5.92 Å². The zero-order chi connectivity index (χ0) is 13.5. The van der Waals surface area contributed by atoms with Crippen LogP contribution in [0.25, 0.3) is 0 Å². The predicted molar refractivity (Wildman–Crippen MR) is 80.5 cm³/mol. The Balaban J connectivity index is 1.81. The molecule has 2 aliphatic rings. The molecule has 0 amide bonds. The standard InChI is InChI=1S/C16H32N2O/c1-3-9-18-10-11-19-16(13-18)15(17-2)12-14-7-5-4-6-8-14/h14-17H,3-13H2,1-2H3. The summed E-state index contributed by atoms with van der Waals surface area (Å²) >= 11 is 0. The number of rotatable bonds is 6. The molecule has 0 spiro atoms. The fourth-order valence-electron chi connectivity index (χ4n) is 3.73. The molecule has 2 rings (SSSR count). The van der Waals surface area contributed by atoms with Crippen LogP contribution in [-0.2, 0) is 4.74 Å². The number of hydrogen-bond acceptors (Lipinski definition) is 3. The van der Waals surface area contributed by atoms with Crippen LogP contribution in [0.5, 0.6) is 0 Å². The molecular weight excluding hydrogens is 236 g/mol. The maximum atomic E-state index is 6.04. The van der Waals surface area contributed by atoms with Gasteiger partial charge in [-0.1, -0.05) is 39.0 Å². The Labute approximate surface area is 119 Å². The Morgan fingerprint density at radius 1 is 1.26 bits per heavy atom. The highest BCUT2D eigenvalue weighted by Gasteiger charge is 2.29. The molecule has 2 unspecified atom stereocenters. The van der Waals surface area contributed by atoms with Crippen molar-refractivity contribution >= 4 is 0 Å². The monoisotopic (exact) mass is 268 g/mol. The Morgan fingerprint density at radius 2 is 2.05 bits per heavy atom. The van der Waals surface area contributed by atoms with E-state index in [0.29, 0.717) is 12.1 Å². The molecule has 2 fully saturated rings. The lowest BCUT2D eigenvalue weighted by atomic mass is 9.83. The average molecular weight is 268 g/mol. The summed E-state index contributed by atoms with van der Waals surface area (Å²) in [6.07, 6.45) is 10.1. The first kappa shape index (κ1) is 15.3. The summed E-state index contributed by atoms with van der Waals surface area (Å²) in [5.41, 5.74) is 0. The highest BCUT2D eigenvalue weighted by molar-refractivity contribution is 4.84. The van der Waals surface area contributed by atoms with E-state index in [2.05, 4.69) is 24.2 Å². The van der Waals surface area contributed by atoms with E-state index in [4.69, 9.17) is 4.74 Å². The highest BCUT2D eigenvalue weighted by Crippen LogP contribution is 2.28. The highest BCUT2D eigenvalue weighted by atomic mass is 16.5. The van der Waals surface area contributed by atoms with Gasteiger partial charge in [-0.25, -0.2) is 0 Å². The van der Waals surface area contributed by atoms with Crippen molar-refractivity contribution in [2.75, 3.05) is 33.3 Å². The normalized spacial score (nSPS) is 28.4. The van der Waals surface area contributed by atoms with Crippen molar-refractivity contribution in [3.63, 3.8) is 0 Å². The maximum absolute atomic E-state index is 6.04. The van der Waals surface area contributed by atoms with E-state index in [1.165, 1.54) is 51.5 Å². The topological polar surface area (TPSA) is 24.5 Å². The van der Waals surface area contributed by atoms with Gasteiger partial charge >= 0.3 is 0 Å². The van der Waals surface area contributed by atoms with Crippen LogP contribution in [0.1, 0.15) is 51.9 Å². The molecule has 0 radical (unpaired) electrons. The molecule has 0 aromatic carbocycles. The van der Waals surface area contributed by atoms with Gasteiger partial charge in [0.1, 0.15) is 0 Å². The zero-order valence-electron chi connectivity index (χ0n) is 12.9. The minimum Gasteiger partial charge on any atom is -0.374 e. The second kappa shape index (κ2) is 8.23. The fraction of sp³-hybridized carbons (Fsp3) is 1.00. The minimum absolute atomic E-state index is 0.396. The summed E-state index contributed by atoms with van der Waals surface area (Å²) < 4.78 is 6.04. The number of hydrogen-bond donors (Lipinski definition) is 1. The smallest absolute Gasteiger partial charge is 0.0855 e. The van der Waals surface area contributed by atoms with Crippen LogP contribution in [0.4, 0.5) is 0 Å². The number of nitrogens with one attached hydrogen (secondary N) is 1. The van der Waals surface area contributed by atoms with Gasteiger partial charge in [0.15, 0.2) is 0 Å². The molecule has 112 valence electrons. The second-order valence-corrected chi connectivity index (χ2v) is 6.34. The van der Waals surface area contributed by atoms with Crippen LogP contribution in [0.2, 0.25) is 0 Å². The average Bonchev–Trinajstić information content (AvgIpc) is 2.46. The number of ether oxygens (including phenoxy) is 1. The quantitative estimate of drug-likeness (QED) is 0.801. The van der Waals surface area contributed by atoms with E-state index in [-0.39, 0.29) is 0 Å². The van der Waals surface area contributed by atoms with Crippen LogP contribution in [0.15, 0.2) is 0 Å². The predicted octanol–water partition coefficient (Wildman–Crippen LogP) is 2.66. The van der Waals surface area contributed by atoms with E-state index >= 15 is 0 Å². The van der Waals surface area contributed by atoms with E-state index < -0.39 is 0 Å². The van der Waals surface area contributed by atoms with Gasteiger partial charge in [0.2, 0.25) is 0 Å². The molecule has 0 aromatic heterocycles. The van der Waals surface area contributed by atoms with Gasteiger partial charge in [-0.15, -0.1) is 0 Å². The first-order valence-corrected chi connectivity index (χ1v) is 8.34. The van der Waals surface area contributed by atoms with Gasteiger partial charge in [0, 0.05) is 19.1 Å². The molecule has 1 saturated heterocycles. The first-order valence-electron chi connectivity index (χ1n) is 8.34. The molecule has 1 N–H and O–H groups in total. The molecule has 3 heteroatoms. The maximum Gasteiger partial charge on any atom is 0.0855 e. The van der Waals surface area contributed by atoms with Crippen molar-refractivity contribution in [2.24, 2.45) is 5.92 Å². The molecule has 1 saturated carbocycles. The van der Waals surface area contributed by atoms with E-state index in [1.807, 2.05) is 0 Å².